The van der Waals surface area contributed by atoms with Gasteiger partial charge in [-0.05, 0) is 92.9 Å². The summed E-state index contributed by atoms with van der Waals surface area (Å²) in [5.41, 5.74) is 2.35. The molecule has 78 heavy (non-hydrogen) atoms. The number of hydrogen-bond donors (Lipinski definition) is 6. The number of nitrogens with one attached hydrogen (secondary N) is 6. The fourth-order valence-electron chi connectivity index (χ4n) is 9.96. The molecule has 3 aliphatic rings. The second kappa shape index (κ2) is 23.0. The Hall–Kier alpha value is -7.80. The van der Waals surface area contributed by atoms with E-state index in [4.69, 9.17) is 4.74 Å². The minimum atomic E-state index is -4.49. The molecule has 0 saturated carbocycles. The standard InChI is InChI=1S/C19H23FN6O.C19H23FN6.C16H15F3N6.3H2/c1-19(2,27-3)14-11-26(10-9-21-14)15-7-6-13(20)17(23-15)16-12-5-4-8-22-18(12)25-24-16;1-12(2)10-13-11-26(9-8-21-13)16-6-5-15(20)18(23-16)17-14-4-3-7-22-19(14)25-24-17;17-16(18,19)10-4-5-21-15-13(10)14(23-24-15)11-2-1-3-12(22-11)25-8-6-20-7-9-25;;;/h4-8,14,21H,9-11H2,1-3H3,(H,22,24,25);3-7,12-13,21H,8-11H2,1-2H3,(H,22,24,25);1-5,20H,6-9H2,(H,21,23,24);3*1H/t;13-;;;;/m.1..../s1. The number of alkyl halides is 3. The summed E-state index contributed by atoms with van der Waals surface area (Å²) in [5.74, 6) is 2.14. The van der Waals surface area contributed by atoms with E-state index in [1.165, 1.54) is 12.1 Å². The summed E-state index contributed by atoms with van der Waals surface area (Å²) in [4.78, 5) is 32.6. The molecule has 9 aromatic heterocycles. The molecule has 0 bridgehead atoms. The third-order valence-electron chi connectivity index (χ3n) is 14.2. The molecule has 6 N–H and O–H groups in total. The summed E-state index contributed by atoms with van der Waals surface area (Å²) in [6.07, 6.45) is 1.06. The van der Waals surface area contributed by atoms with Crippen LogP contribution in [0.3, 0.4) is 0 Å². The molecule has 1 unspecified atom stereocenters. The highest BCUT2D eigenvalue weighted by molar-refractivity contribution is 5.93. The molecule has 0 radical (unpaired) electrons. The van der Waals surface area contributed by atoms with Crippen molar-refractivity contribution in [1.82, 2.24) is 76.4 Å². The number of piperazine rings is 3. The van der Waals surface area contributed by atoms with Gasteiger partial charge < -0.3 is 35.4 Å². The molecule has 2 atom stereocenters. The normalized spacial score (nSPS) is 17.3. The lowest BCUT2D eigenvalue weighted by molar-refractivity contribution is -0.136. The van der Waals surface area contributed by atoms with E-state index >= 15 is 0 Å². The van der Waals surface area contributed by atoms with Gasteiger partial charge in [0.1, 0.15) is 28.8 Å². The first-order valence-corrected chi connectivity index (χ1v) is 25.9. The number of anilines is 3. The molecule has 9 aromatic rings. The number of fused-ring (bicyclic) bond motifs is 3. The van der Waals surface area contributed by atoms with Gasteiger partial charge >= 0.3 is 6.18 Å². The van der Waals surface area contributed by atoms with E-state index < -0.39 is 17.6 Å². The lowest BCUT2D eigenvalue weighted by Gasteiger charge is -2.41. The number of aromatic nitrogens is 12. The van der Waals surface area contributed by atoms with E-state index in [0.717, 1.165) is 112 Å². The lowest BCUT2D eigenvalue weighted by atomic mass is 9.96. The second-order valence-corrected chi connectivity index (χ2v) is 20.2. The first-order chi connectivity index (χ1) is 37.6. The maximum Gasteiger partial charge on any atom is 0.417 e. The van der Waals surface area contributed by atoms with Gasteiger partial charge in [0, 0.05) is 112 Å². The fraction of sp³-hybridized carbons (Fsp3) is 0.389. The molecule has 12 heterocycles. The predicted molar refractivity (Wildman–Crippen MR) is 296 cm³/mol. The minimum Gasteiger partial charge on any atom is -0.377 e. The van der Waals surface area contributed by atoms with E-state index in [1.54, 1.807) is 49.8 Å². The summed E-state index contributed by atoms with van der Waals surface area (Å²) in [5, 5.41) is 32.4. The largest absolute Gasteiger partial charge is 0.417 e. The van der Waals surface area contributed by atoms with E-state index in [0.29, 0.717) is 40.3 Å². The Balaban J connectivity index is 0.000000172. The van der Waals surface area contributed by atoms with Gasteiger partial charge in [-0.15, -0.1) is 0 Å². The van der Waals surface area contributed by atoms with Gasteiger partial charge in [-0.25, -0.2) is 38.7 Å². The molecule has 24 heteroatoms. The number of methoxy groups -OCH3 is 1. The highest BCUT2D eigenvalue weighted by Crippen LogP contribution is 2.38. The van der Waals surface area contributed by atoms with Crippen LogP contribution in [-0.4, -0.2) is 151 Å². The average molecular weight is 1080 g/mol. The van der Waals surface area contributed by atoms with Crippen molar-refractivity contribution < 1.29 is 31.0 Å². The second-order valence-electron chi connectivity index (χ2n) is 20.2. The van der Waals surface area contributed by atoms with Gasteiger partial charge in [0.25, 0.3) is 0 Å². The molecule has 0 amide bonds. The lowest BCUT2D eigenvalue weighted by Crippen LogP contribution is -2.60. The molecule has 3 aliphatic heterocycles. The van der Waals surface area contributed by atoms with Crippen molar-refractivity contribution >= 4 is 50.6 Å². The molecule has 0 spiro atoms. The SMILES string of the molecule is CC(C)C[C@@H]1CN(c2ccc(F)c(-c3[nH]nc4ncccc34)n2)CCN1.COC(C)(C)C1CN(c2ccc(F)c(-c3[nH]nc4ncccc34)n2)CCN1.FC(F)(F)c1ccnc2n[nH]c(-c3cccc(N4CCNCC4)n3)c12.[HH].[HH].[HH]. The fourth-order valence-corrected chi connectivity index (χ4v) is 9.96. The van der Waals surface area contributed by atoms with Gasteiger partial charge in [0.15, 0.2) is 28.6 Å². The number of H-pyrrole nitrogens is 3. The van der Waals surface area contributed by atoms with Gasteiger partial charge in [0.2, 0.25) is 0 Å². The zero-order valence-corrected chi connectivity index (χ0v) is 43.8. The van der Waals surface area contributed by atoms with E-state index in [1.807, 2.05) is 24.3 Å². The van der Waals surface area contributed by atoms with E-state index in [2.05, 4.69) is 119 Å². The maximum absolute atomic E-state index is 14.6. The van der Waals surface area contributed by atoms with Crippen LogP contribution in [0.1, 0.15) is 44.0 Å². The summed E-state index contributed by atoms with van der Waals surface area (Å²) in [6, 6.07) is 20.6. The van der Waals surface area contributed by atoms with Crippen molar-refractivity contribution in [2.75, 3.05) is 87.3 Å². The zero-order chi connectivity index (χ0) is 54.6. The van der Waals surface area contributed by atoms with Crippen LogP contribution in [0.25, 0.3) is 67.3 Å². The Morgan fingerprint density at radius 1 is 0.615 bits per heavy atom. The maximum atomic E-state index is 14.6. The monoisotopic (exact) mass is 1080 g/mol. The molecule has 3 fully saturated rings. The van der Waals surface area contributed by atoms with E-state index in [-0.39, 0.29) is 49.9 Å². The first kappa shape index (κ1) is 53.6. The van der Waals surface area contributed by atoms with Gasteiger partial charge in [-0.1, -0.05) is 19.9 Å². The minimum absolute atomic E-state index is 0. The molecule has 3 saturated heterocycles. The number of ether oxygens (including phenoxy) is 1. The molecular formula is C54H67F5N18O. The number of aromatic amines is 3. The van der Waals surface area contributed by atoms with Crippen molar-refractivity contribution in [1.29, 1.82) is 0 Å². The zero-order valence-electron chi connectivity index (χ0n) is 43.8. The number of nitrogens with zero attached hydrogens (tertiary/aromatic N) is 12. The Morgan fingerprint density at radius 2 is 1.17 bits per heavy atom. The van der Waals surface area contributed by atoms with Crippen LogP contribution in [0.15, 0.2) is 91.4 Å². The molecule has 12 rings (SSSR count). The van der Waals surface area contributed by atoms with Crippen molar-refractivity contribution in [3.05, 3.63) is 109 Å². The van der Waals surface area contributed by atoms with Gasteiger partial charge in [-0.3, -0.25) is 15.3 Å². The summed E-state index contributed by atoms with van der Waals surface area (Å²) < 4.78 is 74.8. The number of pyridine rings is 6. The quantitative estimate of drug-likeness (QED) is 0.0707. The molecule has 0 aromatic carbocycles. The first-order valence-electron chi connectivity index (χ1n) is 25.9. The van der Waals surface area contributed by atoms with Crippen molar-refractivity contribution in [2.45, 2.75) is 58.0 Å². The van der Waals surface area contributed by atoms with Crippen LogP contribution in [0.4, 0.5) is 39.4 Å². The van der Waals surface area contributed by atoms with Gasteiger partial charge in [-0.2, -0.15) is 28.5 Å². The summed E-state index contributed by atoms with van der Waals surface area (Å²) >= 11 is 0. The van der Waals surface area contributed by atoms with E-state index in [9.17, 15) is 22.0 Å². The summed E-state index contributed by atoms with van der Waals surface area (Å²) in [7, 11) is 1.71. The van der Waals surface area contributed by atoms with Crippen LogP contribution < -0.4 is 30.7 Å². The van der Waals surface area contributed by atoms with Crippen molar-refractivity contribution in [3.63, 3.8) is 0 Å². The Kier molecular flexibility index (Phi) is 15.8. The van der Waals surface area contributed by atoms with Gasteiger partial charge in [0.05, 0.1) is 45.4 Å². The van der Waals surface area contributed by atoms with Crippen LogP contribution >= 0.6 is 0 Å². The Morgan fingerprint density at radius 3 is 1.77 bits per heavy atom. The number of rotatable bonds is 10. The number of halogens is 5. The van der Waals surface area contributed by atoms with Crippen molar-refractivity contribution in [3.8, 4) is 34.2 Å². The third-order valence-corrected chi connectivity index (χ3v) is 14.2. The third kappa shape index (κ3) is 11.7. The highest BCUT2D eigenvalue weighted by atomic mass is 19.4. The Bertz CT molecular complexity index is 3500. The van der Waals surface area contributed by atoms with Crippen LogP contribution in [0, 0.1) is 17.6 Å². The van der Waals surface area contributed by atoms with Crippen molar-refractivity contribution in [2.24, 2.45) is 5.92 Å². The molecule has 414 valence electrons. The highest BCUT2D eigenvalue weighted by Gasteiger charge is 2.36. The number of hydrogen-bond acceptors (Lipinski definition) is 16. The van der Waals surface area contributed by atoms with Crippen LogP contribution in [0.2, 0.25) is 0 Å². The predicted octanol–water partition coefficient (Wildman–Crippen LogP) is 8.53. The molecular weight excluding hydrogens is 1010 g/mol. The topological polar surface area (TPSA) is 218 Å². The molecule has 0 aliphatic carbocycles. The smallest absolute Gasteiger partial charge is 0.377 e. The Labute approximate surface area is 450 Å². The average Bonchev–Trinajstić information content (AvgIpc) is 4.23. The summed E-state index contributed by atoms with van der Waals surface area (Å²) in [6.45, 7) is 16.8. The van der Waals surface area contributed by atoms with Crippen LogP contribution in [0.5, 0.6) is 0 Å². The van der Waals surface area contributed by atoms with Crippen LogP contribution in [-0.2, 0) is 10.9 Å². The molecule has 19 nitrogen and oxygen atoms in total.